The number of benzene rings is 2. The molecule has 2 aromatic carbocycles. The first-order valence-corrected chi connectivity index (χ1v) is 14.6. The number of amides is 2. The fourth-order valence-electron chi connectivity index (χ4n) is 4.21. The van der Waals surface area contributed by atoms with Crippen molar-refractivity contribution in [1.82, 2.24) is 10.2 Å². The number of hydrogen-bond donors (Lipinski definition) is 1. The molecule has 2 amide bonds. The zero-order chi connectivity index (χ0) is 25.8. The van der Waals surface area contributed by atoms with E-state index in [2.05, 4.69) is 21.2 Å². The molecule has 0 aromatic heterocycles. The maximum atomic E-state index is 13.6. The number of carbonyl (C=O) groups is 2. The summed E-state index contributed by atoms with van der Waals surface area (Å²) in [4.78, 5) is 28.1. The van der Waals surface area contributed by atoms with Crippen LogP contribution < -0.4 is 9.62 Å². The third-order valence-electron chi connectivity index (χ3n) is 6.25. The Labute approximate surface area is 221 Å². The van der Waals surface area contributed by atoms with Gasteiger partial charge in [-0.25, -0.2) is 8.42 Å². The summed E-state index contributed by atoms with van der Waals surface area (Å²) in [6.07, 6.45) is 5.05. The average molecular weight is 585 g/mol. The summed E-state index contributed by atoms with van der Waals surface area (Å²) >= 11 is 9.54. The highest BCUT2D eigenvalue weighted by atomic mass is 79.9. The van der Waals surface area contributed by atoms with Crippen LogP contribution in [0.5, 0.6) is 0 Å². The Bertz CT molecular complexity index is 1170. The van der Waals surface area contributed by atoms with E-state index in [0.717, 1.165) is 46.3 Å². The number of sulfonamides is 1. The van der Waals surface area contributed by atoms with E-state index < -0.39 is 28.5 Å². The van der Waals surface area contributed by atoms with Gasteiger partial charge in [0.05, 0.1) is 11.9 Å². The third-order valence-corrected chi connectivity index (χ3v) is 8.14. The molecule has 0 heterocycles. The van der Waals surface area contributed by atoms with Crippen molar-refractivity contribution in [3.63, 3.8) is 0 Å². The van der Waals surface area contributed by atoms with Crippen LogP contribution in [0.15, 0.2) is 46.9 Å². The zero-order valence-electron chi connectivity index (χ0n) is 20.1. The maximum absolute atomic E-state index is 13.6. The van der Waals surface area contributed by atoms with E-state index in [4.69, 9.17) is 11.6 Å². The van der Waals surface area contributed by atoms with Crippen molar-refractivity contribution in [3.8, 4) is 0 Å². The molecule has 1 atom stereocenters. The Hall–Kier alpha value is -2.10. The molecule has 0 bridgehead atoms. The van der Waals surface area contributed by atoms with E-state index in [1.807, 2.05) is 24.3 Å². The van der Waals surface area contributed by atoms with E-state index in [0.29, 0.717) is 16.3 Å². The van der Waals surface area contributed by atoms with Crippen molar-refractivity contribution < 1.29 is 18.0 Å². The van der Waals surface area contributed by atoms with Crippen molar-refractivity contribution in [2.24, 2.45) is 0 Å². The van der Waals surface area contributed by atoms with Crippen molar-refractivity contribution in [3.05, 3.63) is 63.1 Å². The van der Waals surface area contributed by atoms with Gasteiger partial charge < -0.3 is 10.2 Å². The second kappa shape index (κ2) is 11.8. The summed E-state index contributed by atoms with van der Waals surface area (Å²) in [5.74, 6) is -0.723. The number of anilines is 1. The predicted molar refractivity (Wildman–Crippen MR) is 143 cm³/mol. The minimum atomic E-state index is -3.81. The molecule has 2 aromatic rings. The molecule has 10 heteroatoms. The fraction of sp³-hybridized carbons (Fsp3) is 0.440. The van der Waals surface area contributed by atoms with Crippen LogP contribution in [0.4, 0.5) is 5.69 Å². The van der Waals surface area contributed by atoms with Crippen LogP contribution in [0.25, 0.3) is 0 Å². The molecule has 1 fully saturated rings. The first kappa shape index (κ1) is 27.5. The first-order chi connectivity index (χ1) is 16.5. The molecule has 0 unspecified atom stereocenters. The van der Waals surface area contributed by atoms with E-state index >= 15 is 0 Å². The highest BCUT2D eigenvalue weighted by Crippen LogP contribution is 2.27. The summed E-state index contributed by atoms with van der Waals surface area (Å²) in [5, 5.41) is 3.41. The van der Waals surface area contributed by atoms with Gasteiger partial charge in [0.2, 0.25) is 21.8 Å². The highest BCUT2D eigenvalue weighted by Gasteiger charge is 2.31. The first-order valence-electron chi connectivity index (χ1n) is 11.5. The Kier molecular flexibility index (Phi) is 9.23. The van der Waals surface area contributed by atoms with Crippen LogP contribution in [0.1, 0.15) is 43.7 Å². The quantitative estimate of drug-likeness (QED) is 0.465. The van der Waals surface area contributed by atoms with Gasteiger partial charge in [-0.05, 0) is 62.1 Å². The van der Waals surface area contributed by atoms with E-state index in [-0.39, 0.29) is 18.5 Å². The number of nitrogens with one attached hydrogen (secondary N) is 1. The number of rotatable bonds is 9. The Balaban J connectivity index is 1.90. The van der Waals surface area contributed by atoms with Crippen molar-refractivity contribution >= 4 is 55.1 Å². The Morgan fingerprint density at radius 2 is 1.77 bits per heavy atom. The minimum absolute atomic E-state index is 0.108. The van der Waals surface area contributed by atoms with Crippen LogP contribution in [-0.2, 0) is 26.2 Å². The molecule has 0 spiro atoms. The van der Waals surface area contributed by atoms with Gasteiger partial charge in [-0.3, -0.25) is 13.9 Å². The van der Waals surface area contributed by atoms with Gasteiger partial charge in [0, 0.05) is 22.1 Å². The number of aryl methyl sites for hydroxylation is 1. The van der Waals surface area contributed by atoms with Gasteiger partial charge in [-0.15, -0.1) is 0 Å². The molecule has 0 radical (unpaired) electrons. The molecular formula is C25H31BrClN3O4S. The van der Waals surface area contributed by atoms with Gasteiger partial charge in [-0.1, -0.05) is 58.6 Å². The maximum Gasteiger partial charge on any atom is 0.244 e. The summed E-state index contributed by atoms with van der Waals surface area (Å²) in [6, 6.07) is 11.7. The van der Waals surface area contributed by atoms with Gasteiger partial charge in [0.25, 0.3) is 0 Å². The average Bonchev–Trinajstić information content (AvgIpc) is 3.30. The molecular weight excluding hydrogens is 554 g/mol. The van der Waals surface area contributed by atoms with Crippen LogP contribution in [-0.4, -0.2) is 50.0 Å². The minimum Gasteiger partial charge on any atom is -0.352 e. The van der Waals surface area contributed by atoms with E-state index in [1.54, 1.807) is 26.0 Å². The monoisotopic (exact) mass is 583 g/mol. The smallest absolute Gasteiger partial charge is 0.244 e. The number of halogens is 2. The molecule has 35 heavy (non-hydrogen) atoms. The Morgan fingerprint density at radius 1 is 1.14 bits per heavy atom. The van der Waals surface area contributed by atoms with E-state index in [9.17, 15) is 18.0 Å². The fourth-order valence-corrected chi connectivity index (χ4v) is 5.54. The molecule has 1 saturated carbocycles. The van der Waals surface area contributed by atoms with Crippen LogP contribution in [0, 0.1) is 6.92 Å². The van der Waals surface area contributed by atoms with Gasteiger partial charge in [0.15, 0.2) is 0 Å². The van der Waals surface area contributed by atoms with Crippen molar-refractivity contribution in [2.75, 3.05) is 17.1 Å². The standard InChI is InChI=1S/C25H31BrClN3O4S/c1-17-8-13-21(27)14-23(17)30(35(3,33)34)16-24(31)29(15-19-9-11-20(26)12-10-19)18(2)25(32)28-22-6-4-5-7-22/h8-14,18,22H,4-7,15-16H2,1-3H3,(H,28,32)/t18-/m1/s1. The molecule has 190 valence electrons. The van der Waals surface area contributed by atoms with Crippen LogP contribution in [0.3, 0.4) is 0 Å². The lowest BCUT2D eigenvalue weighted by molar-refractivity contribution is -0.139. The third kappa shape index (κ3) is 7.44. The lowest BCUT2D eigenvalue weighted by atomic mass is 10.1. The lowest BCUT2D eigenvalue weighted by Gasteiger charge is -2.32. The number of nitrogens with zero attached hydrogens (tertiary/aromatic N) is 2. The van der Waals surface area contributed by atoms with Crippen LogP contribution in [0.2, 0.25) is 5.02 Å². The lowest BCUT2D eigenvalue weighted by Crippen LogP contribution is -2.52. The number of carbonyl (C=O) groups excluding carboxylic acids is 2. The molecule has 1 N–H and O–H groups in total. The predicted octanol–water partition coefficient (Wildman–Crippen LogP) is 4.65. The molecule has 1 aliphatic rings. The number of hydrogen-bond acceptors (Lipinski definition) is 4. The molecule has 7 nitrogen and oxygen atoms in total. The molecule has 0 saturated heterocycles. The normalized spacial score (nSPS) is 15.0. The van der Waals surface area contributed by atoms with Crippen molar-refractivity contribution in [2.45, 2.75) is 58.2 Å². The SMILES string of the molecule is Cc1ccc(Cl)cc1N(CC(=O)N(Cc1ccc(Br)cc1)[C@H](C)C(=O)NC1CCCC1)S(C)(=O)=O. The summed E-state index contributed by atoms with van der Waals surface area (Å²) < 4.78 is 27.4. The summed E-state index contributed by atoms with van der Waals surface area (Å²) in [7, 11) is -3.81. The molecule has 0 aliphatic heterocycles. The van der Waals surface area contributed by atoms with E-state index in [1.165, 1.54) is 11.0 Å². The largest absolute Gasteiger partial charge is 0.352 e. The zero-order valence-corrected chi connectivity index (χ0v) is 23.3. The van der Waals surface area contributed by atoms with Gasteiger partial charge in [-0.2, -0.15) is 0 Å². The summed E-state index contributed by atoms with van der Waals surface area (Å²) in [6.45, 7) is 3.15. The summed E-state index contributed by atoms with van der Waals surface area (Å²) in [5.41, 5.74) is 1.83. The van der Waals surface area contributed by atoms with Crippen molar-refractivity contribution in [1.29, 1.82) is 0 Å². The molecule has 3 rings (SSSR count). The highest BCUT2D eigenvalue weighted by molar-refractivity contribution is 9.10. The van der Waals surface area contributed by atoms with Crippen LogP contribution >= 0.6 is 27.5 Å². The van der Waals surface area contributed by atoms with Gasteiger partial charge >= 0.3 is 0 Å². The second-order valence-electron chi connectivity index (χ2n) is 9.01. The topological polar surface area (TPSA) is 86.8 Å². The second-order valence-corrected chi connectivity index (χ2v) is 12.3. The molecule has 1 aliphatic carbocycles. The Morgan fingerprint density at radius 3 is 2.37 bits per heavy atom. The van der Waals surface area contributed by atoms with Gasteiger partial charge in [0.1, 0.15) is 12.6 Å².